The third-order valence-electron chi connectivity index (χ3n) is 7.07. The van der Waals surface area contributed by atoms with E-state index in [1.54, 1.807) is 25.7 Å². The quantitative estimate of drug-likeness (QED) is 0.752. The van der Waals surface area contributed by atoms with Gasteiger partial charge in [-0.15, -0.1) is 0 Å². The zero-order chi connectivity index (χ0) is 20.2. The largest absolute Gasteiger partial charge is 0.490 e. The van der Waals surface area contributed by atoms with Gasteiger partial charge in [-0.05, 0) is 42.9 Å². The van der Waals surface area contributed by atoms with Crippen LogP contribution in [0.25, 0.3) is 0 Å². The molecule has 0 radical (unpaired) electrons. The van der Waals surface area contributed by atoms with Crippen molar-refractivity contribution in [2.24, 2.45) is 11.8 Å². The normalized spacial score (nSPS) is 25.1. The van der Waals surface area contributed by atoms with Crippen molar-refractivity contribution in [3.05, 3.63) is 23.8 Å². The van der Waals surface area contributed by atoms with E-state index in [4.69, 9.17) is 4.74 Å². The van der Waals surface area contributed by atoms with Gasteiger partial charge in [0.1, 0.15) is 18.4 Å². The number of hydrogen-bond acceptors (Lipinski definition) is 4. The highest BCUT2D eigenvalue weighted by Crippen LogP contribution is 2.40. The van der Waals surface area contributed by atoms with E-state index >= 15 is 0 Å². The van der Waals surface area contributed by atoms with Crippen molar-refractivity contribution in [2.75, 3.05) is 18.1 Å². The highest BCUT2D eigenvalue weighted by molar-refractivity contribution is 6.01. The first kappa shape index (κ1) is 20.2. The fourth-order valence-electron chi connectivity index (χ4n) is 5.51. The summed E-state index contributed by atoms with van der Waals surface area (Å²) in [5.41, 5.74) is 2.07. The van der Waals surface area contributed by atoms with E-state index in [9.17, 15) is 9.59 Å². The smallest absolute Gasteiger partial charge is 0.249 e. The number of benzene rings is 1. The summed E-state index contributed by atoms with van der Waals surface area (Å²) in [4.78, 5) is 25.2. The molecule has 1 unspecified atom stereocenters. The summed E-state index contributed by atoms with van der Waals surface area (Å²) in [5.74, 6) is 2.74. The molecule has 5 rings (SSSR count). The summed E-state index contributed by atoms with van der Waals surface area (Å²) in [6.07, 6.45) is 13.3. The second-order valence-corrected chi connectivity index (χ2v) is 9.07. The first-order valence-corrected chi connectivity index (χ1v) is 11.5. The number of anilines is 1. The molecule has 0 spiro atoms. The number of piperidine rings is 1. The number of nitrogens with one attached hydrogen (secondary N) is 1. The van der Waals surface area contributed by atoms with Crippen LogP contribution in [0, 0.1) is 18.8 Å². The van der Waals surface area contributed by atoms with Gasteiger partial charge in [-0.1, -0.05) is 57.4 Å². The van der Waals surface area contributed by atoms with Gasteiger partial charge in [0.05, 0.1) is 12.2 Å². The Labute approximate surface area is 174 Å². The van der Waals surface area contributed by atoms with Gasteiger partial charge >= 0.3 is 0 Å². The van der Waals surface area contributed by atoms with Gasteiger partial charge in [0.15, 0.2) is 0 Å². The van der Waals surface area contributed by atoms with Gasteiger partial charge in [-0.25, -0.2) is 0 Å². The first-order valence-electron chi connectivity index (χ1n) is 11.5. The molecule has 158 valence electrons. The monoisotopic (exact) mass is 398 g/mol. The lowest BCUT2D eigenvalue weighted by atomic mass is 9.90. The maximum Gasteiger partial charge on any atom is 0.249 e. The van der Waals surface area contributed by atoms with Crippen LogP contribution in [0.1, 0.15) is 69.8 Å². The van der Waals surface area contributed by atoms with Crippen molar-refractivity contribution in [3.8, 4) is 5.75 Å². The Hall–Kier alpha value is -2.04. The maximum atomic E-state index is 12.0. The van der Waals surface area contributed by atoms with Crippen LogP contribution in [0.4, 0.5) is 5.69 Å². The molecule has 3 fully saturated rings. The lowest BCUT2D eigenvalue weighted by Crippen LogP contribution is -2.54. The number of hydrogen-bond donors (Lipinski definition) is 1. The number of carbonyl (C=O) groups excluding carboxylic acids is 2. The Balaban J connectivity index is 0.000000171. The molecule has 2 heterocycles. The molecule has 5 heteroatoms. The van der Waals surface area contributed by atoms with Gasteiger partial charge in [0.2, 0.25) is 11.8 Å². The third kappa shape index (κ3) is 4.76. The Bertz CT molecular complexity index is 722. The summed E-state index contributed by atoms with van der Waals surface area (Å²) in [5, 5.41) is 2.41. The molecule has 5 nitrogen and oxygen atoms in total. The van der Waals surface area contributed by atoms with Crippen molar-refractivity contribution in [3.63, 3.8) is 0 Å². The van der Waals surface area contributed by atoms with Gasteiger partial charge in [0, 0.05) is 6.42 Å². The lowest BCUT2D eigenvalue weighted by molar-refractivity contribution is -0.134. The number of nitrogens with zero attached hydrogens (tertiary/aromatic N) is 1. The second-order valence-electron chi connectivity index (χ2n) is 9.07. The molecule has 1 atom stereocenters. The summed E-state index contributed by atoms with van der Waals surface area (Å²) in [7, 11) is 0. The van der Waals surface area contributed by atoms with Crippen molar-refractivity contribution >= 4 is 17.5 Å². The van der Waals surface area contributed by atoms with E-state index in [0.29, 0.717) is 26.0 Å². The van der Waals surface area contributed by atoms with Crippen LogP contribution in [-0.2, 0) is 9.59 Å². The minimum absolute atomic E-state index is 0.182. The Kier molecular flexibility index (Phi) is 6.41. The fraction of sp³-hybridized carbons (Fsp3) is 0.667. The highest BCUT2D eigenvalue weighted by Gasteiger charge is 2.34. The van der Waals surface area contributed by atoms with Crippen LogP contribution in [0.3, 0.4) is 0 Å². The number of carbonyl (C=O) groups is 2. The molecule has 1 aromatic carbocycles. The predicted octanol–water partition coefficient (Wildman–Crippen LogP) is 4.37. The van der Waals surface area contributed by atoms with E-state index < -0.39 is 0 Å². The average molecular weight is 399 g/mol. The predicted molar refractivity (Wildman–Crippen MR) is 114 cm³/mol. The van der Waals surface area contributed by atoms with Crippen LogP contribution in [0.15, 0.2) is 18.2 Å². The molecule has 2 amide bonds. The standard InChI is InChI=1S/C14H16N2O3.C10H18/c1-9-2-3-10-12(8-9)19-7-6-16(10)11-4-5-13(17)15-14(11)18;1-2-6-9(5-1)10-7-3-4-8-10/h2-3,8,11H,4-7H2,1H3,(H,15,17,18);9-10H,1-8H2. The van der Waals surface area contributed by atoms with E-state index in [2.05, 4.69) is 5.32 Å². The fourth-order valence-corrected chi connectivity index (χ4v) is 5.51. The maximum absolute atomic E-state index is 12.0. The SMILES string of the molecule is C1CCC(C2CCCC2)C1.Cc1ccc2c(c1)OCCN2C1CCC(=O)NC1=O. The molecule has 0 aromatic heterocycles. The molecular formula is C24H34N2O3. The molecule has 1 aromatic rings. The zero-order valence-corrected chi connectivity index (χ0v) is 17.6. The first-order chi connectivity index (χ1) is 14.1. The Morgan fingerprint density at radius 3 is 2.24 bits per heavy atom. The Morgan fingerprint density at radius 1 is 0.966 bits per heavy atom. The zero-order valence-electron chi connectivity index (χ0n) is 17.6. The van der Waals surface area contributed by atoms with Crippen LogP contribution in [-0.4, -0.2) is 31.0 Å². The molecular weight excluding hydrogens is 364 g/mol. The van der Waals surface area contributed by atoms with Crippen molar-refractivity contribution in [1.82, 2.24) is 5.32 Å². The van der Waals surface area contributed by atoms with Gasteiger partial charge in [-0.3, -0.25) is 14.9 Å². The number of rotatable bonds is 2. The summed E-state index contributed by atoms with van der Waals surface area (Å²) < 4.78 is 5.64. The number of aryl methyl sites for hydroxylation is 1. The minimum atomic E-state index is -0.275. The number of fused-ring (bicyclic) bond motifs is 1. The molecule has 29 heavy (non-hydrogen) atoms. The van der Waals surface area contributed by atoms with Crippen LogP contribution < -0.4 is 15.0 Å². The van der Waals surface area contributed by atoms with Crippen LogP contribution in [0.2, 0.25) is 0 Å². The molecule has 0 bridgehead atoms. The summed E-state index contributed by atoms with van der Waals surface area (Å²) in [6.45, 7) is 3.24. The molecule has 1 saturated heterocycles. The highest BCUT2D eigenvalue weighted by atomic mass is 16.5. The average Bonchev–Trinajstić information content (AvgIpc) is 3.42. The minimum Gasteiger partial charge on any atom is -0.490 e. The van der Waals surface area contributed by atoms with E-state index in [1.807, 2.05) is 30.0 Å². The van der Waals surface area contributed by atoms with Crippen molar-refractivity contribution in [2.45, 2.75) is 77.2 Å². The molecule has 1 N–H and O–H groups in total. The number of ether oxygens (including phenoxy) is 1. The van der Waals surface area contributed by atoms with Crippen LogP contribution >= 0.6 is 0 Å². The van der Waals surface area contributed by atoms with Crippen molar-refractivity contribution in [1.29, 1.82) is 0 Å². The summed E-state index contributed by atoms with van der Waals surface area (Å²) in [6, 6.07) is 5.69. The molecule has 2 saturated carbocycles. The molecule has 2 aliphatic carbocycles. The van der Waals surface area contributed by atoms with E-state index in [0.717, 1.165) is 28.8 Å². The van der Waals surface area contributed by atoms with Gasteiger partial charge in [0.25, 0.3) is 0 Å². The van der Waals surface area contributed by atoms with E-state index in [-0.39, 0.29) is 17.9 Å². The van der Waals surface area contributed by atoms with Gasteiger partial charge < -0.3 is 9.64 Å². The topological polar surface area (TPSA) is 58.6 Å². The molecule has 4 aliphatic rings. The van der Waals surface area contributed by atoms with Crippen LogP contribution in [0.5, 0.6) is 5.75 Å². The number of imide groups is 1. The van der Waals surface area contributed by atoms with E-state index in [1.165, 1.54) is 25.7 Å². The third-order valence-corrected chi connectivity index (χ3v) is 7.07. The lowest BCUT2D eigenvalue weighted by Gasteiger charge is -2.38. The second kappa shape index (κ2) is 9.19. The van der Waals surface area contributed by atoms with Gasteiger partial charge in [-0.2, -0.15) is 0 Å². The van der Waals surface area contributed by atoms with Crippen molar-refractivity contribution < 1.29 is 14.3 Å². The molecule has 2 aliphatic heterocycles. The summed E-state index contributed by atoms with van der Waals surface area (Å²) >= 11 is 0. The number of amides is 2. The Morgan fingerprint density at radius 2 is 1.62 bits per heavy atom.